The van der Waals surface area contributed by atoms with Crippen LogP contribution in [0.25, 0.3) is 33.4 Å². The maximum absolute atomic E-state index is 12.2. The molecule has 0 fully saturated rings. The Bertz CT molecular complexity index is 2130. The van der Waals surface area contributed by atoms with Crippen LogP contribution in [0.2, 0.25) is 0 Å². The second-order valence-corrected chi connectivity index (χ2v) is 14.7. The standard InChI is InChI=1S/C49H46O6S2/c50-47(21-11-31-56)54-29-27-52-45-25-23-37(33-41(45)35-13-3-1-4-14-35)49(43-19-9-7-17-39(43)40-18-8-10-20-44(40)49)38-24-26-46(42(34-38)36-15-5-2-6-16-36)53-28-30-55-48(51)22-12-32-57/h1-10,13-20,23-26,33-34,56-57H,11-12,21-22,27-32H2. The van der Waals surface area contributed by atoms with Gasteiger partial charge in [0.15, 0.2) is 0 Å². The molecule has 0 amide bonds. The number of ether oxygens (including phenoxy) is 4. The van der Waals surface area contributed by atoms with Crippen LogP contribution in [0.5, 0.6) is 11.5 Å². The average molecular weight is 795 g/mol. The molecule has 0 unspecified atom stereocenters. The van der Waals surface area contributed by atoms with E-state index in [0.29, 0.717) is 48.7 Å². The maximum Gasteiger partial charge on any atom is 0.305 e. The third-order valence-corrected chi connectivity index (χ3v) is 10.9. The van der Waals surface area contributed by atoms with Crippen LogP contribution in [0, 0.1) is 0 Å². The molecule has 0 radical (unpaired) electrons. The highest BCUT2D eigenvalue weighted by Gasteiger charge is 2.46. The molecule has 7 rings (SSSR count). The van der Waals surface area contributed by atoms with Gasteiger partial charge >= 0.3 is 11.9 Å². The summed E-state index contributed by atoms with van der Waals surface area (Å²) in [7, 11) is 0. The molecule has 0 saturated carbocycles. The van der Waals surface area contributed by atoms with Crippen LogP contribution in [0.3, 0.4) is 0 Å². The minimum atomic E-state index is -0.720. The topological polar surface area (TPSA) is 71.1 Å². The van der Waals surface area contributed by atoms with Gasteiger partial charge in [0.2, 0.25) is 0 Å². The molecule has 57 heavy (non-hydrogen) atoms. The summed E-state index contributed by atoms with van der Waals surface area (Å²) < 4.78 is 23.6. The number of hydrogen-bond acceptors (Lipinski definition) is 8. The van der Waals surface area contributed by atoms with Gasteiger partial charge in [-0.1, -0.05) is 121 Å². The molecule has 0 spiro atoms. The van der Waals surface area contributed by atoms with Crippen molar-refractivity contribution in [3.05, 3.63) is 168 Å². The Labute approximate surface area is 346 Å². The van der Waals surface area contributed by atoms with Gasteiger partial charge in [0.1, 0.15) is 37.9 Å². The zero-order valence-corrected chi connectivity index (χ0v) is 33.6. The van der Waals surface area contributed by atoms with Crippen LogP contribution < -0.4 is 9.47 Å². The maximum atomic E-state index is 12.2. The Morgan fingerprint density at radius 3 is 1.28 bits per heavy atom. The third-order valence-electron chi connectivity index (χ3n) is 10.2. The molecule has 0 aromatic heterocycles. The molecule has 0 atom stereocenters. The molecule has 0 saturated heterocycles. The summed E-state index contributed by atoms with van der Waals surface area (Å²) in [6.07, 6.45) is 2.02. The van der Waals surface area contributed by atoms with Crippen molar-refractivity contribution >= 4 is 37.2 Å². The van der Waals surface area contributed by atoms with Gasteiger partial charge < -0.3 is 18.9 Å². The Morgan fingerprint density at radius 2 is 0.860 bits per heavy atom. The third kappa shape index (κ3) is 8.78. The molecule has 1 aliphatic carbocycles. The second-order valence-electron chi connectivity index (χ2n) is 13.8. The summed E-state index contributed by atoms with van der Waals surface area (Å²) in [5, 5.41) is 0. The number of thiol groups is 2. The summed E-state index contributed by atoms with van der Waals surface area (Å²) in [6.45, 7) is 0.751. The van der Waals surface area contributed by atoms with E-state index in [1.54, 1.807) is 0 Å². The predicted octanol–water partition coefficient (Wildman–Crippen LogP) is 10.6. The minimum Gasteiger partial charge on any atom is -0.489 e. The fraction of sp³-hybridized carbons (Fsp3) is 0.224. The van der Waals surface area contributed by atoms with Crippen molar-refractivity contribution in [2.24, 2.45) is 0 Å². The van der Waals surface area contributed by atoms with E-state index in [2.05, 4.69) is 122 Å². The number of esters is 2. The van der Waals surface area contributed by atoms with Gasteiger partial charge in [0, 0.05) is 24.0 Å². The molecule has 0 N–H and O–H groups in total. The summed E-state index contributed by atoms with van der Waals surface area (Å²) >= 11 is 8.40. The van der Waals surface area contributed by atoms with Crippen molar-refractivity contribution in [3.63, 3.8) is 0 Å². The smallest absolute Gasteiger partial charge is 0.305 e. The van der Waals surface area contributed by atoms with Crippen LogP contribution >= 0.6 is 25.3 Å². The lowest BCUT2D eigenvalue weighted by molar-refractivity contribution is -0.145. The van der Waals surface area contributed by atoms with Gasteiger partial charge in [-0.25, -0.2) is 0 Å². The van der Waals surface area contributed by atoms with E-state index in [9.17, 15) is 9.59 Å². The molecule has 0 bridgehead atoms. The SMILES string of the molecule is O=C(CCCS)OCCOc1ccc(C2(c3ccc(OCCOC(=O)CCCS)c(-c4ccccc4)c3)c3ccccc3-c3ccccc32)cc1-c1ccccc1. The van der Waals surface area contributed by atoms with Crippen molar-refractivity contribution in [1.82, 2.24) is 0 Å². The Balaban J connectivity index is 1.34. The normalized spacial score (nSPS) is 12.3. The molecule has 0 aliphatic heterocycles. The lowest BCUT2D eigenvalue weighted by atomic mass is 9.67. The van der Waals surface area contributed by atoms with Gasteiger partial charge in [0.05, 0.1) is 5.41 Å². The summed E-state index contributed by atoms with van der Waals surface area (Å²) in [6, 6.07) is 50.7. The van der Waals surface area contributed by atoms with Crippen molar-refractivity contribution < 1.29 is 28.5 Å². The summed E-state index contributed by atoms with van der Waals surface area (Å²) in [4.78, 5) is 24.4. The van der Waals surface area contributed by atoms with Crippen LogP contribution in [-0.4, -0.2) is 49.9 Å². The van der Waals surface area contributed by atoms with E-state index in [4.69, 9.17) is 18.9 Å². The fourth-order valence-corrected chi connectivity index (χ4v) is 8.01. The largest absolute Gasteiger partial charge is 0.489 e. The van der Waals surface area contributed by atoms with Gasteiger partial charge in [-0.15, -0.1) is 0 Å². The number of fused-ring (bicyclic) bond motifs is 3. The monoisotopic (exact) mass is 794 g/mol. The predicted molar refractivity (Wildman–Crippen MR) is 234 cm³/mol. The van der Waals surface area contributed by atoms with Gasteiger partial charge in [-0.3, -0.25) is 9.59 Å². The van der Waals surface area contributed by atoms with E-state index >= 15 is 0 Å². The Morgan fingerprint density at radius 1 is 0.456 bits per heavy atom. The molecule has 290 valence electrons. The number of rotatable bonds is 18. The quantitative estimate of drug-likeness (QED) is 0.0512. The van der Waals surface area contributed by atoms with Gasteiger partial charge in [0.25, 0.3) is 0 Å². The Hall–Kier alpha value is -5.44. The number of benzene rings is 6. The van der Waals surface area contributed by atoms with E-state index in [-0.39, 0.29) is 38.4 Å². The Kier molecular flexibility index (Phi) is 13.4. The summed E-state index contributed by atoms with van der Waals surface area (Å²) in [5.74, 6) is 2.17. The van der Waals surface area contributed by atoms with Crippen LogP contribution in [0.15, 0.2) is 146 Å². The molecule has 0 heterocycles. The van der Waals surface area contributed by atoms with Crippen molar-refractivity contribution in [3.8, 4) is 44.9 Å². The van der Waals surface area contributed by atoms with Crippen LogP contribution in [0.1, 0.15) is 47.9 Å². The first-order valence-electron chi connectivity index (χ1n) is 19.4. The summed E-state index contributed by atoms with van der Waals surface area (Å²) in [5.41, 5.74) is 10.0. The van der Waals surface area contributed by atoms with Gasteiger partial charge in [-0.05, 0) is 93.1 Å². The first-order chi connectivity index (χ1) is 28.0. The molecule has 1 aliphatic rings. The average Bonchev–Trinajstić information content (AvgIpc) is 3.57. The lowest BCUT2D eigenvalue weighted by Gasteiger charge is -2.35. The molecule has 6 aromatic carbocycles. The van der Waals surface area contributed by atoms with E-state index in [0.717, 1.165) is 33.4 Å². The molecule has 8 heteroatoms. The fourth-order valence-electron chi connectivity index (χ4n) is 7.69. The molecular formula is C49H46O6S2. The highest BCUT2D eigenvalue weighted by Crippen LogP contribution is 2.57. The van der Waals surface area contributed by atoms with Gasteiger partial charge in [-0.2, -0.15) is 25.3 Å². The number of hydrogen-bond donors (Lipinski definition) is 2. The first-order valence-corrected chi connectivity index (χ1v) is 20.7. The minimum absolute atomic E-state index is 0.154. The van der Waals surface area contributed by atoms with E-state index in [1.807, 2.05) is 48.5 Å². The highest BCUT2D eigenvalue weighted by atomic mass is 32.1. The van der Waals surface area contributed by atoms with E-state index < -0.39 is 5.41 Å². The lowest BCUT2D eigenvalue weighted by Crippen LogP contribution is -2.29. The molecular weight excluding hydrogens is 749 g/mol. The zero-order valence-electron chi connectivity index (χ0n) is 31.8. The van der Waals surface area contributed by atoms with Crippen molar-refractivity contribution in [2.45, 2.75) is 31.1 Å². The molecule has 6 aromatic rings. The van der Waals surface area contributed by atoms with Crippen molar-refractivity contribution in [1.29, 1.82) is 0 Å². The highest BCUT2D eigenvalue weighted by molar-refractivity contribution is 7.80. The first kappa shape index (κ1) is 39.8. The molecule has 6 nitrogen and oxygen atoms in total. The van der Waals surface area contributed by atoms with Crippen molar-refractivity contribution in [2.75, 3.05) is 37.9 Å². The van der Waals surface area contributed by atoms with Crippen LogP contribution in [0.4, 0.5) is 0 Å². The number of carbonyl (C=O) groups excluding carboxylic acids is 2. The number of carbonyl (C=O) groups is 2. The van der Waals surface area contributed by atoms with E-state index in [1.165, 1.54) is 22.3 Å². The van der Waals surface area contributed by atoms with Crippen LogP contribution in [-0.2, 0) is 24.5 Å². The second kappa shape index (κ2) is 19.1. The zero-order chi connectivity index (χ0) is 39.5.